The van der Waals surface area contributed by atoms with Gasteiger partial charge in [0.1, 0.15) is 0 Å². The van der Waals surface area contributed by atoms with Gasteiger partial charge in [-0.05, 0) is 26.0 Å². The van der Waals surface area contributed by atoms with Crippen molar-refractivity contribution in [3.05, 3.63) is 29.3 Å². The zero-order valence-corrected chi connectivity index (χ0v) is 9.50. The zero-order valence-electron chi connectivity index (χ0n) is 9.50. The van der Waals surface area contributed by atoms with E-state index in [0.717, 1.165) is 5.56 Å². The molecule has 1 aromatic carbocycles. The fraction of sp³-hybridized carbons (Fsp3) is 0.308. The van der Waals surface area contributed by atoms with E-state index in [4.69, 9.17) is 5.11 Å². The van der Waals surface area contributed by atoms with Crippen LogP contribution in [-0.2, 0) is 0 Å². The fourth-order valence-corrected chi connectivity index (χ4v) is 1.37. The van der Waals surface area contributed by atoms with E-state index in [2.05, 4.69) is 17.2 Å². The number of benzene rings is 1. The Balaban J connectivity index is 2.77. The summed E-state index contributed by atoms with van der Waals surface area (Å²) in [6.45, 7) is 4.32. The average Bonchev–Trinajstić information content (AvgIpc) is 2.26. The first-order chi connectivity index (χ1) is 7.65. The van der Waals surface area contributed by atoms with Gasteiger partial charge in [0.15, 0.2) is 0 Å². The SMILES string of the molecule is CC#CCCNc1ccc(C)cc1C(=O)O. The number of nitrogens with one attached hydrogen (secondary N) is 1. The molecule has 0 spiro atoms. The summed E-state index contributed by atoms with van der Waals surface area (Å²) >= 11 is 0. The molecule has 3 heteroatoms. The monoisotopic (exact) mass is 217 g/mol. The lowest BCUT2D eigenvalue weighted by Crippen LogP contribution is -2.07. The lowest BCUT2D eigenvalue weighted by Gasteiger charge is -2.08. The second-order valence-corrected chi connectivity index (χ2v) is 3.46. The summed E-state index contributed by atoms with van der Waals surface area (Å²) in [7, 11) is 0. The summed E-state index contributed by atoms with van der Waals surface area (Å²) in [5, 5.41) is 12.1. The molecule has 0 aliphatic carbocycles. The lowest BCUT2D eigenvalue weighted by molar-refractivity contribution is 0.0698. The molecule has 0 aliphatic rings. The molecule has 0 aromatic heterocycles. The van der Waals surface area contributed by atoms with Crippen LogP contribution in [0.15, 0.2) is 18.2 Å². The van der Waals surface area contributed by atoms with Crippen molar-refractivity contribution in [1.82, 2.24) is 0 Å². The first kappa shape index (κ1) is 12.1. The molecule has 1 aromatic rings. The Hall–Kier alpha value is -1.95. The van der Waals surface area contributed by atoms with Crippen LogP contribution >= 0.6 is 0 Å². The van der Waals surface area contributed by atoms with Gasteiger partial charge in [0.2, 0.25) is 0 Å². The van der Waals surface area contributed by atoms with E-state index in [1.165, 1.54) is 0 Å². The standard InChI is InChI=1S/C13H15NO2/c1-3-4-5-8-14-12-7-6-10(2)9-11(12)13(15)16/h6-7,9,14H,5,8H2,1-2H3,(H,15,16). The Labute approximate surface area is 95.5 Å². The van der Waals surface area contributed by atoms with Crippen molar-refractivity contribution in [1.29, 1.82) is 0 Å². The molecule has 0 unspecified atom stereocenters. The third-order valence-corrected chi connectivity index (χ3v) is 2.15. The molecule has 0 atom stereocenters. The Bertz CT molecular complexity index is 441. The van der Waals surface area contributed by atoms with E-state index in [1.807, 2.05) is 13.0 Å². The molecule has 2 N–H and O–H groups in total. The number of rotatable bonds is 4. The Morgan fingerprint density at radius 2 is 2.25 bits per heavy atom. The van der Waals surface area contributed by atoms with E-state index < -0.39 is 5.97 Å². The van der Waals surface area contributed by atoms with Crippen LogP contribution in [0.1, 0.15) is 29.3 Å². The van der Waals surface area contributed by atoms with E-state index in [-0.39, 0.29) is 0 Å². The fourth-order valence-electron chi connectivity index (χ4n) is 1.37. The Kier molecular flexibility index (Phi) is 4.41. The predicted octanol–water partition coefficient (Wildman–Crippen LogP) is 2.52. The van der Waals surface area contributed by atoms with E-state index in [9.17, 15) is 4.79 Å². The van der Waals surface area contributed by atoms with Gasteiger partial charge >= 0.3 is 5.97 Å². The molecule has 1 rings (SSSR count). The van der Waals surface area contributed by atoms with Gasteiger partial charge in [-0.15, -0.1) is 11.8 Å². The van der Waals surface area contributed by atoms with Gasteiger partial charge in [0.05, 0.1) is 5.56 Å². The topological polar surface area (TPSA) is 49.3 Å². The molecule has 3 nitrogen and oxygen atoms in total. The van der Waals surface area contributed by atoms with Crippen molar-refractivity contribution in [3.8, 4) is 11.8 Å². The first-order valence-corrected chi connectivity index (χ1v) is 5.12. The number of aromatic carboxylic acids is 1. The molecule has 0 aliphatic heterocycles. The summed E-state index contributed by atoms with van der Waals surface area (Å²) < 4.78 is 0. The van der Waals surface area contributed by atoms with Crippen LogP contribution in [0.25, 0.3) is 0 Å². The molecule has 0 saturated carbocycles. The quantitative estimate of drug-likeness (QED) is 0.602. The molecule has 0 radical (unpaired) electrons. The maximum Gasteiger partial charge on any atom is 0.337 e. The second-order valence-electron chi connectivity index (χ2n) is 3.46. The van der Waals surface area contributed by atoms with Crippen LogP contribution in [0.2, 0.25) is 0 Å². The van der Waals surface area contributed by atoms with Crippen LogP contribution in [0, 0.1) is 18.8 Å². The van der Waals surface area contributed by atoms with E-state index >= 15 is 0 Å². The third-order valence-electron chi connectivity index (χ3n) is 2.15. The van der Waals surface area contributed by atoms with Crippen molar-refractivity contribution in [3.63, 3.8) is 0 Å². The van der Waals surface area contributed by atoms with Crippen LogP contribution in [0.3, 0.4) is 0 Å². The van der Waals surface area contributed by atoms with Crippen molar-refractivity contribution >= 4 is 11.7 Å². The Morgan fingerprint density at radius 3 is 2.88 bits per heavy atom. The summed E-state index contributed by atoms with van der Waals surface area (Å²) in [5.41, 5.74) is 1.90. The third kappa shape index (κ3) is 3.32. The van der Waals surface area contributed by atoms with Crippen LogP contribution in [0.5, 0.6) is 0 Å². The normalized spacial score (nSPS) is 9.12. The van der Waals surface area contributed by atoms with Gasteiger partial charge in [-0.1, -0.05) is 11.6 Å². The molecule has 0 heterocycles. The molecule has 16 heavy (non-hydrogen) atoms. The molecule has 0 fully saturated rings. The van der Waals surface area contributed by atoms with Crippen molar-refractivity contribution < 1.29 is 9.90 Å². The zero-order chi connectivity index (χ0) is 12.0. The lowest BCUT2D eigenvalue weighted by atomic mass is 10.1. The average molecular weight is 217 g/mol. The number of hydrogen-bond acceptors (Lipinski definition) is 2. The summed E-state index contributed by atoms with van der Waals surface area (Å²) in [4.78, 5) is 11.0. The predicted molar refractivity (Wildman–Crippen MR) is 64.7 cm³/mol. The number of carbonyl (C=O) groups is 1. The highest BCUT2D eigenvalue weighted by Gasteiger charge is 2.09. The molecular weight excluding hydrogens is 202 g/mol. The number of hydrogen-bond donors (Lipinski definition) is 2. The molecular formula is C13H15NO2. The number of carboxylic acid groups (broad SMARTS) is 1. The van der Waals surface area contributed by atoms with Gasteiger partial charge < -0.3 is 10.4 Å². The summed E-state index contributed by atoms with van der Waals surface area (Å²) in [6.07, 6.45) is 0.712. The molecule has 0 amide bonds. The number of carboxylic acids is 1. The van der Waals surface area contributed by atoms with E-state index in [0.29, 0.717) is 24.2 Å². The van der Waals surface area contributed by atoms with Crippen LogP contribution < -0.4 is 5.32 Å². The van der Waals surface area contributed by atoms with E-state index in [1.54, 1.807) is 19.1 Å². The number of aryl methyl sites for hydroxylation is 1. The van der Waals surface area contributed by atoms with Crippen LogP contribution in [-0.4, -0.2) is 17.6 Å². The maximum absolute atomic E-state index is 11.0. The largest absolute Gasteiger partial charge is 0.478 e. The summed E-state index contributed by atoms with van der Waals surface area (Å²) in [6, 6.07) is 5.34. The highest BCUT2D eigenvalue weighted by Crippen LogP contribution is 2.17. The summed E-state index contributed by atoms with van der Waals surface area (Å²) in [5.74, 6) is 4.80. The minimum atomic E-state index is -0.909. The minimum Gasteiger partial charge on any atom is -0.478 e. The van der Waals surface area contributed by atoms with Crippen LogP contribution in [0.4, 0.5) is 5.69 Å². The highest BCUT2D eigenvalue weighted by atomic mass is 16.4. The van der Waals surface area contributed by atoms with Gasteiger partial charge in [-0.3, -0.25) is 0 Å². The highest BCUT2D eigenvalue weighted by molar-refractivity contribution is 5.94. The van der Waals surface area contributed by atoms with Gasteiger partial charge in [0.25, 0.3) is 0 Å². The van der Waals surface area contributed by atoms with Crippen molar-refractivity contribution in [2.24, 2.45) is 0 Å². The molecule has 0 saturated heterocycles. The smallest absolute Gasteiger partial charge is 0.337 e. The molecule has 0 bridgehead atoms. The van der Waals surface area contributed by atoms with Gasteiger partial charge in [-0.25, -0.2) is 4.79 Å². The second kappa shape index (κ2) is 5.82. The number of anilines is 1. The Morgan fingerprint density at radius 1 is 1.50 bits per heavy atom. The maximum atomic E-state index is 11.0. The van der Waals surface area contributed by atoms with Gasteiger partial charge in [-0.2, -0.15) is 0 Å². The van der Waals surface area contributed by atoms with Crippen molar-refractivity contribution in [2.45, 2.75) is 20.3 Å². The molecule has 84 valence electrons. The van der Waals surface area contributed by atoms with Crippen molar-refractivity contribution in [2.75, 3.05) is 11.9 Å². The van der Waals surface area contributed by atoms with Gasteiger partial charge in [0, 0.05) is 18.7 Å². The first-order valence-electron chi connectivity index (χ1n) is 5.12. The minimum absolute atomic E-state index is 0.310.